The van der Waals surface area contributed by atoms with Crippen molar-refractivity contribution in [2.45, 2.75) is 19.5 Å². The second-order valence-corrected chi connectivity index (χ2v) is 4.84. The molecule has 0 unspecified atom stereocenters. The van der Waals surface area contributed by atoms with Crippen molar-refractivity contribution < 1.29 is 0 Å². The molecule has 0 bridgehead atoms. The summed E-state index contributed by atoms with van der Waals surface area (Å²) in [4.78, 5) is 4.10. The number of halogens is 1. The SMILES string of the molecule is C[C@H](NCc1cccnc1)c1ccccc1Br. The van der Waals surface area contributed by atoms with Crippen molar-refractivity contribution >= 4 is 15.9 Å². The second-order valence-electron chi connectivity index (χ2n) is 3.99. The summed E-state index contributed by atoms with van der Waals surface area (Å²) in [6, 6.07) is 12.6. The Morgan fingerprint density at radius 1 is 1.24 bits per heavy atom. The molecule has 2 rings (SSSR count). The lowest BCUT2D eigenvalue weighted by Gasteiger charge is -2.15. The fourth-order valence-electron chi connectivity index (χ4n) is 1.71. The molecule has 0 radical (unpaired) electrons. The highest BCUT2D eigenvalue weighted by Gasteiger charge is 2.07. The summed E-state index contributed by atoms with van der Waals surface area (Å²) in [5, 5.41) is 3.49. The van der Waals surface area contributed by atoms with E-state index in [4.69, 9.17) is 0 Å². The first-order valence-corrected chi connectivity index (χ1v) is 6.43. The van der Waals surface area contributed by atoms with Gasteiger partial charge in [0, 0.05) is 29.5 Å². The second kappa shape index (κ2) is 5.94. The van der Waals surface area contributed by atoms with Gasteiger partial charge in [0.25, 0.3) is 0 Å². The smallest absolute Gasteiger partial charge is 0.0312 e. The summed E-state index contributed by atoms with van der Waals surface area (Å²) in [5.41, 5.74) is 2.47. The fraction of sp³-hybridized carbons (Fsp3) is 0.214. The van der Waals surface area contributed by atoms with E-state index in [1.165, 1.54) is 11.1 Å². The van der Waals surface area contributed by atoms with Crippen molar-refractivity contribution in [3.05, 3.63) is 64.4 Å². The van der Waals surface area contributed by atoms with Gasteiger partial charge in [-0.05, 0) is 30.2 Å². The molecule has 1 N–H and O–H groups in total. The molecule has 1 atom stereocenters. The molecule has 1 aromatic carbocycles. The maximum Gasteiger partial charge on any atom is 0.0312 e. The van der Waals surface area contributed by atoms with Crippen LogP contribution in [0.4, 0.5) is 0 Å². The molecule has 3 heteroatoms. The van der Waals surface area contributed by atoms with Gasteiger partial charge in [0.05, 0.1) is 0 Å². The van der Waals surface area contributed by atoms with Gasteiger partial charge in [0.2, 0.25) is 0 Å². The number of rotatable bonds is 4. The average molecular weight is 291 g/mol. The summed E-state index contributed by atoms with van der Waals surface area (Å²) < 4.78 is 1.14. The largest absolute Gasteiger partial charge is 0.306 e. The van der Waals surface area contributed by atoms with Crippen molar-refractivity contribution in [3.63, 3.8) is 0 Å². The van der Waals surface area contributed by atoms with Crippen LogP contribution in [-0.2, 0) is 6.54 Å². The molecule has 1 aromatic heterocycles. The summed E-state index contributed by atoms with van der Waals surface area (Å²) in [6.07, 6.45) is 3.68. The number of aromatic nitrogens is 1. The summed E-state index contributed by atoms with van der Waals surface area (Å²) in [6.45, 7) is 2.99. The Morgan fingerprint density at radius 2 is 2.06 bits per heavy atom. The number of nitrogens with one attached hydrogen (secondary N) is 1. The van der Waals surface area contributed by atoms with E-state index in [1.54, 1.807) is 6.20 Å². The lowest BCUT2D eigenvalue weighted by Crippen LogP contribution is -2.18. The quantitative estimate of drug-likeness (QED) is 0.929. The molecule has 0 saturated heterocycles. The molecule has 2 nitrogen and oxygen atoms in total. The highest BCUT2D eigenvalue weighted by molar-refractivity contribution is 9.10. The van der Waals surface area contributed by atoms with E-state index in [2.05, 4.69) is 57.4 Å². The number of benzene rings is 1. The normalized spacial score (nSPS) is 12.4. The van der Waals surface area contributed by atoms with Crippen LogP contribution in [-0.4, -0.2) is 4.98 Å². The van der Waals surface area contributed by atoms with Gasteiger partial charge in [-0.15, -0.1) is 0 Å². The van der Waals surface area contributed by atoms with Crippen LogP contribution < -0.4 is 5.32 Å². The summed E-state index contributed by atoms with van der Waals surface area (Å²) >= 11 is 3.57. The topological polar surface area (TPSA) is 24.9 Å². The minimum atomic E-state index is 0.311. The Bertz CT molecular complexity index is 471. The average Bonchev–Trinajstić information content (AvgIpc) is 2.38. The van der Waals surface area contributed by atoms with Crippen LogP contribution in [0.25, 0.3) is 0 Å². The van der Waals surface area contributed by atoms with Gasteiger partial charge in [-0.3, -0.25) is 4.98 Å². The maximum atomic E-state index is 4.10. The highest BCUT2D eigenvalue weighted by atomic mass is 79.9. The molecule has 2 aromatic rings. The lowest BCUT2D eigenvalue weighted by molar-refractivity contribution is 0.572. The van der Waals surface area contributed by atoms with Gasteiger partial charge in [0.15, 0.2) is 0 Å². The van der Waals surface area contributed by atoms with Crippen LogP contribution in [0.5, 0.6) is 0 Å². The molecule has 88 valence electrons. The molecule has 0 fully saturated rings. The van der Waals surface area contributed by atoms with Gasteiger partial charge >= 0.3 is 0 Å². The van der Waals surface area contributed by atoms with Crippen molar-refractivity contribution in [1.82, 2.24) is 10.3 Å². The van der Waals surface area contributed by atoms with Gasteiger partial charge in [-0.2, -0.15) is 0 Å². The first-order chi connectivity index (χ1) is 8.27. The molecule has 0 aliphatic carbocycles. The van der Waals surface area contributed by atoms with E-state index in [1.807, 2.05) is 18.3 Å². The predicted octanol–water partition coefficient (Wildman–Crippen LogP) is 3.69. The number of hydrogen-bond donors (Lipinski definition) is 1. The van der Waals surface area contributed by atoms with Crippen LogP contribution in [0.15, 0.2) is 53.3 Å². The van der Waals surface area contributed by atoms with Crippen LogP contribution in [0.2, 0.25) is 0 Å². The Morgan fingerprint density at radius 3 is 2.76 bits per heavy atom. The minimum absolute atomic E-state index is 0.311. The zero-order chi connectivity index (χ0) is 12.1. The monoisotopic (exact) mass is 290 g/mol. The van der Waals surface area contributed by atoms with Crippen molar-refractivity contribution in [1.29, 1.82) is 0 Å². The maximum absolute atomic E-state index is 4.10. The molecule has 0 saturated carbocycles. The van der Waals surface area contributed by atoms with E-state index in [0.717, 1.165) is 11.0 Å². The fourth-order valence-corrected chi connectivity index (χ4v) is 2.34. The van der Waals surface area contributed by atoms with E-state index in [9.17, 15) is 0 Å². The zero-order valence-corrected chi connectivity index (χ0v) is 11.3. The van der Waals surface area contributed by atoms with Gasteiger partial charge < -0.3 is 5.32 Å². The Hall–Kier alpha value is -1.19. The number of pyridine rings is 1. The third-order valence-electron chi connectivity index (χ3n) is 2.71. The van der Waals surface area contributed by atoms with E-state index in [-0.39, 0.29) is 0 Å². The highest BCUT2D eigenvalue weighted by Crippen LogP contribution is 2.22. The van der Waals surface area contributed by atoms with Gasteiger partial charge in [0.1, 0.15) is 0 Å². The van der Waals surface area contributed by atoms with Crippen molar-refractivity contribution in [2.75, 3.05) is 0 Å². The number of nitrogens with zero attached hydrogens (tertiary/aromatic N) is 1. The standard InChI is InChI=1S/C14H15BrN2/c1-11(13-6-2-3-7-14(13)15)17-10-12-5-4-8-16-9-12/h2-9,11,17H,10H2,1H3/t11-/m0/s1. The lowest BCUT2D eigenvalue weighted by atomic mass is 10.1. The molecule has 1 heterocycles. The van der Waals surface area contributed by atoms with E-state index < -0.39 is 0 Å². The predicted molar refractivity (Wildman–Crippen MR) is 73.6 cm³/mol. The van der Waals surface area contributed by atoms with Crippen LogP contribution in [0, 0.1) is 0 Å². The molecule has 0 aliphatic heterocycles. The summed E-state index contributed by atoms with van der Waals surface area (Å²) in [5.74, 6) is 0. The Labute approximate surface area is 110 Å². The number of hydrogen-bond acceptors (Lipinski definition) is 2. The summed E-state index contributed by atoms with van der Waals surface area (Å²) in [7, 11) is 0. The van der Waals surface area contributed by atoms with Crippen molar-refractivity contribution in [3.8, 4) is 0 Å². The van der Waals surface area contributed by atoms with Crippen molar-refractivity contribution in [2.24, 2.45) is 0 Å². The third-order valence-corrected chi connectivity index (χ3v) is 3.43. The first kappa shape index (κ1) is 12.3. The zero-order valence-electron chi connectivity index (χ0n) is 9.73. The minimum Gasteiger partial charge on any atom is -0.306 e. The van der Waals surface area contributed by atoms with Crippen LogP contribution in [0.3, 0.4) is 0 Å². The molecular weight excluding hydrogens is 276 g/mol. The molecule has 0 amide bonds. The van der Waals surface area contributed by atoms with Crippen LogP contribution >= 0.6 is 15.9 Å². The molecule has 0 spiro atoms. The molecular formula is C14H15BrN2. The van der Waals surface area contributed by atoms with Gasteiger partial charge in [-0.25, -0.2) is 0 Å². The van der Waals surface area contributed by atoms with Crippen LogP contribution in [0.1, 0.15) is 24.1 Å². The third kappa shape index (κ3) is 3.38. The van der Waals surface area contributed by atoms with Gasteiger partial charge in [-0.1, -0.05) is 40.2 Å². The molecule has 0 aliphatic rings. The van der Waals surface area contributed by atoms with E-state index >= 15 is 0 Å². The van der Waals surface area contributed by atoms with E-state index in [0.29, 0.717) is 6.04 Å². The Kier molecular flexibility index (Phi) is 4.29. The Balaban J connectivity index is 1.99. The first-order valence-electron chi connectivity index (χ1n) is 5.64. The molecule has 17 heavy (non-hydrogen) atoms.